The molecular weight excluding hydrogens is 387 g/mol. The lowest BCUT2D eigenvalue weighted by Gasteiger charge is -2.32. The molecule has 1 saturated heterocycles. The second-order valence-electron chi connectivity index (χ2n) is 6.60. The third kappa shape index (κ3) is 3.62. The molecule has 0 radical (unpaired) electrons. The van der Waals surface area contributed by atoms with Crippen LogP contribution in [0.5, 0.6) is 0 Å². The van der Waals surface area contributed by atoms with Gasteiger partial charge in [-0.1, -0.05) is 28.9 Å². The predicted octanol–water partition coefficient (Wildman–Crippen LogP) is 3.16. The Morgan fingerprint density at radius 1 is 1.36 bits per heavy atom. The van der Waals surface area contributed by atoms with Crippen LogP contribution in [0.3, 0.4) is 0 Å². The maximum absolute atomic E-state index is 14.0. The Balaban J connectivity index is 1.42. The number of amides is 1. The van der Waals surface area contributed by atoms with E-state index in [1.54, 1.807) is 15.8 Å². The summed E-state index contributed by atoms with van der Waals surface area (Å²) < 4.78 is 20.9. The molecule has 0 saturated carbocycles. The lowest BCUT2D eigenvalue weighted by molar-refractivity contribution is 0.0684. The van der Waals surface area contributed by atoms with Crippen LogP contribution in [-0.2, 0) is 6.42 Å². The molecule has 1 aliphatic heterocycles. The number of aromatic nitrogens is 5. The van der Waals surface area contributed by atoms with Crippen molar-refractivity contribution in [3.63, 3.8) is 0 Å². The Kier molecular flexibility index (Phi) is 5.08. The molecule has 28 heavy (non-hydrogen) atoms. The fourth-order valence-corrected chi connectivity index (χ4v) is 3.39. The zero-order chi connectivity index (χ0) is 19.7. The van der Waals surface area contributed by atoms with Crippen LogP contribution < -0.4 is 0 Å². The molecule has 8 nitrogen and oxygen atoms in total. The van der Waals surface area contributed by atoms with Crippen molar-refractivity contribution in [2.75, 3.05) is 13.1 Å². The summed E-state index contributed by atoms with van der Waals surface area (Å²) in [5.41, 5.74) is 0.517. The van der Waals surface area contributed by atoms with Crippen molar-refractivity contribution in [1.29, 1.82) is 0 Å². The molecule has 4 rings (SSSR count). The topological polar surface area (TPSA) is 89.9 Å². The number of carbonyl (C=O) groups is 1. The van der Waals surface area contributed by atoms with Gasteiger partial charge in [0.15, 0.2) is 11.5 Å². The van der Waals surface area contributed by atoms with Gasteiger partial charge < -0.3 is 9.42 Å². The fourth-order valence-electron chi connectivity index (χ4n) is 3.22. The average molecular weight is 405 g/mol. The third-order valence-corrected chi connectivity index (χ3v) is 5.03. The summed E-state index contributed by atoms with van der Waals surface area (Å²) in [6.45, 7) is 2.92. The first-order valence-electron chi connectivity index (χ1n) is 9.04. The van der Waals surface area contributed by atoms with Crippen LogP contribution in [0.15, 0.2) is 28.9 Å². The predicted molar refractivity (Wildman–Crippen MR) is 98.3 cm³/mol. The van der Waals surface area contributed by atoms with E-state index in [9.17, 15) is 9.18 Å². The van der Waals surface area contributed by atoms with Gasteiger partial charge in [0.05, 0.1) is 17.8 Å². The van der Waals surface area contributed by atoms with Crippen LogP contribution in [0.2, 0.25) is 5.02 Å². The highest BCUT2D eigenvalue weighted by Gasteiger charge is 2.27. The average Bonchev–Trinajstić information content (AvgIpc) is 3.38. The van der Waals surface area contributed by atoms with Crippen LogP contribution in [0, 0.1) is 5.82 Å². The summed E-state index contributed by atoms with van der Waals surface area (Å²) in [6, 6.07) is 4.09. The maximum atomic E-state index is 14.0. The number of carbonyl (C=O) groups excluding carboxylic acids is 1. The van der Waals surface area contributed by atoms with Crippen molar-refractivity contribution in [1.82, 2.24) is 30.0 Å². The quantitative estimate of drug-likeness (QED) is 0.663. The van der Waals surface area contributed by atoms with E-state index in [4.69, 9.17) is 16.1 Å². The summed E-state index contributed by atoms with van der Waals surface area (Å²) in [7, 11) is 0. The number of likely N-dealkylation sites (tertiary alicyclic amines) is 1. The molecule has 3 aromatic rings. The summed E-state index contributed by atoms with van der Waals surface area (Å²) in [5, 5.41) is 12.5. The third-order valence-electron chi connectivity index (χ3n) is 4.80. The molecule has 0 spiro atoms. The van der Waals surface area contributed by atoms with Gasteiger partial charge in [0.1, 0.15) is 5.82 Å². The van der Waals surface area contributed by atoms with E-state index in [-0.39, 0.29) is 17.5 Å². The molecule has 1 aromatic carbocycles. The minimum Gasteiger partial charge on any atom is -0.338 e. The van der Waals surface area contributed by atoms with Crippen molar-refractivity contribution in [3.05, 3.63) is 46.6 Å². The summed E-state index contributed by atoms with van der Waals surface area (Å²) >= 11 is 5.89. The van der Waals surface area contributed by atoms with Crippen LogP contribution in [0.25, 0.3) is 11.6 Å². The van der Waals surface area contributed by atoms with Gasteiger partial charge in [-0.15, -0.1) is 5.10 Å². The normalized spacial score (nSPS) is 15.2. The molecule has 0 aliphatic carbocycles. The summed E-state index contributed by atoms with van der Waals surface area (Å²) in [5.74, 6) is 0.0379. The summed E-state index contributed by atoms with van der Waals surface area (Å²) in [6.07, 6.45) is 3.81. The highest BCUT2D eigenvalue weighted by atomic mass is 35.5. The van der Waals surface area contributed by atoms with Crippen LogP contribution in [-0.4, -0.2) is 49.0 Å². The van der Waals surface area contributed by atoms with Gasteiger partial charge in [0, 0.05) is 24.5 Å². The Hall–Kier alpha value is -2.81. The Labute approximate surface area is 165 Å². The Bertz CT molecular complexity index is 996. The molecular formula is C18H18ClFN6O2. The Morgan fingerprint density at radius 2 is 2.14 bits per heavy atom. The van der Waals surface area contributed by atoms with Crippen molar-refractivity contribution in [2.45, 2.75) is 32.2 Å². The number of benzene rings is 1. The van der Waals surface area contributed by atoms with E-state index >= 15 is 0 Å². The van der Waals surface area contributed by atoms with Crippen molar-refractivity contribution < 1.29 is 13.7 Å². The van der Waals surface area contributed by atoms with E-state index in [1.165, 1.54) is 18.2 Å². The molecule has 2 aromatic heterocycles. The lowest BCUT2D eigenvalue weighted by atomic mass is 10.0. The number of nitrogens with zero attached hydrogens (tertiary/aromatic N) is 6. The minimum absolute atomic E-state index is 0.00267. The second kappa shape index (κ2) is 7.67. The SMILES string of the molecule is CCc1noc(-c2cn(C3CCN(C(=O)c4cc(Cl)ccc4F)CC3)nn2)n1. The zero-order valence-electron chi connectivity index (χ0n) is 15.2. The highest BCUT2D eigenvalue weighted by molar-refractivity contribution is 6.31. The number of piperidine rings is 1. The standard InChI is InChI=1S/C18H18ClFN6O2/c1-2-16-21-17(28-23-16)15-10-26(24-22-15)12-5-7-25(8-6-12)18(27)13-9-11(19)3-4-14(13)20/h3-4,9-10,12H,2,5-8H2,1H3. The van der Waals surface area contributed by atoms with Crippen LogP contribution in [0.4, 0.5) is 4.39 Å². The van der Waals surface area contributed by atoms with Gasteiger partial charge in [-0.3, -0.25) is 4.79 Å². The largest absolute Gasteiger partial charge is 0.338 e. The van der Waals surface area contributed by atoms with Gasteiger partial charge in [-0.05, 0) is 31.0 Å². The first kappa shape index (κ1) is 18.5. The molecule has 1 aliphatic rings. The highest BCUT2D eigenvalue weighted by Crippen LogP contribution is 2.25. The fraction of sp³-hybridized carbons (Fsp3) is 0.389. The van der Waals surface area contributed by atoms with Gasteiger partial charge in [-0.25, -0.2) is 9.07 Å². The first-order chi connectivity index (χ1) is 13.5. The van der Waals surface area contributed by atoms with Gasteiger partial charge in [0.25, 0.3) is 11.8 Å². The molecule has 1 amide bonds. The lowest BCUT2D eigenvalue weighted by Crippen LogP contribution is -2.39. The van der Waals surface area contributed by atoms with Gasteiger partial charge >= 0.3 is 0 Å². The number of halogens is 2. The molecule has 10 heteroatoms. The number of rotatable bonds is 4. The van der Waals surface area contributed by atoms with Gasteiger partial charge in [-0.2, -0.15) is 4.98 Å². The van der Waals surface area contributed by atoms with E-state index in [0.717, 1.165) is 0 Å². The monoisotopic (exact) mass is 404 g/mol. The molecule has 3 heterocycles. The Morgan fingerprint density at radius 3 is 2.86 bits per heavy atom. The smallest absolute Gasteiger partial charge is 0.280 e. The van der Waals surface area contributed by atoms with Crippen molar-refractivity contribution >= 4 is 17.5 Å². The zero-order valence-corrected chi connectivity index (χ0v) is 15.9. The number of hydrogen-bond donors (Lipinski definition) is 0. The van der Waals surface area contributed by atoms with Crippen molar-refractivity contribution in [3.8, 4) is 11.6 Å². The molecule has 0 atom stereocenters. The minimum atomic E-state index is -0.566. The van der Waals surface area contributed by atoms with Gasteiger partial charge in [0.2, 0.25) is 0 Å². The van der Waals surface area contributed by atoms with E-state index in [2.05, 4.69) is 20.5 Å². The second-order valence-corrected chi connectivity index (χ2v) is 7.04. The first-order valence-corrected chi connectivity index (χ1v) is 9.42. The van der Waals surface area contributed by atoms with Crippen LogP contribution in [0.1, 0.15) is 42.0 Å². The summed E-state index contributed by atoms with van der Waals surface area (Å²) in [4.78, 5) is 18.5. The van der Waals surface area contributed by atoms with Crippen LogP contribution >= 0.6 is 11.6 Å². The number of hydrogen-bond acceptors (Lipinski definition) is 6. The molecule has 146 valence electrons. The van der Waals surface area contributed by atoms with E-state index in [0.29, 0.717) is 54.8 Å². The number of aryl methyl sites for hydroxylation is 1. The van der Waals surface area contributed by atoms with E-state index in [1.807, 2.05) is 6.92 Å². The molecule has 0 unspecified atom stereocenters. The molecule has 0 bridgehead atoms. The molecule has 0 N–H and O–H groups in total. The maximum Gasteiger partial charge on any atom is 0.280 e. The van der Waals surface area contributed by atoms with Crippen molar-refractivity contribution in [2.24, 2.45) is 0 Å². The van der Waals surface area contributed by atoms with E-state index < -0.39 is 5.82 Å². The molecule has 1 fully saturated rings.